The number of aromatic nitrogens is 2. The van der Waals surface area contributed by atoms with Crippen molar-refractivity contribution in [2.75, 3.05) is 6.54 Å². The lowest BCUT2D eigenvalue weighted by Gasteiger charge is -2.36. The Balaban J connectivity index is 1.68. The number of carboxylic acid groups (broad SMARTS) is 1. The van der Waals surface area contributed by atoms with E-state index >= 15 is 0 Å². The number of amides is 1. The highest BCUT2D eigenvalue weighted by Crippen LogP contribution is 2.38. The van der Waals surface area contributed by atoms with Crippen molar-refractivity contribution in [2.45, 2.75) is 45.1 Å². The van der Waals surface area contributed by atoms with E-state index in [0.29, 0.717) is 17.3 Å². The van der Waals surface area contributed by atoms with Crippen molar-refractivity contribution < 1.29 is 14.7 Å². The van der Waals surface area contributed by atoms with Gasteiger partial charge in [-0.1, -0.05) is 43.0 Å². The van der Waals surface area contributed by atoms with Crippen molar-refractivity contribution in [1.82, 2.24) is 15.1 Å². The average molecular weight is 418 g/mol. The molecule has 3 rings (SSSR count). The van der Waals surface area contributed by atoms with Crippen molar-refractivity contribution in [3.8, 4) is 11.3 Å². The molecule has 8 heteroatoms. The summed E-state index contributed by atoms with van der Waals surface area (Å²) in [6, 6.07) is 10.0. The highest BCUT2D eigenvalue weighted by molar-refractivity contribution is 6.30. The first kappa shape index (κ1) is 21.0. The van der Waals surface area contributed by atoms with Gasteiger partial charge in [0.15, 0.2) is 0 Å². The summed E-state index contributed by atoms with van der Waals surface area (Å²) in [7, 11) is 0. The molecule has 0 bridgehead atoms. The van der Waals surface area contributed by atoms with Crippen LogP contribution in [0.3, 0.4) is 0 Å². The van der Waals surface area contributed by atoms with Gasteiger partial charge in [0.05, 0.1) is 12.1 Å². The topological polar surface area (TPSA) is 101 Å². The summed E-state index contributed by atoms with van der Waals surface area (Å²) in [5.41, 5.74) is 0.550. The van der Waals surface area contributed by atoms with Crippen molar-refractivity contribution in [2.24, 2.45) is 5.41 Å². The third-order valence-electron chi connectivity index (χ3n) is 5.40. The second-order valence-corrected chi connectivity index (χ2v) is 8.07. The molecule has 154 valence electrons. The van der Waals surface area contributed by atoms with E-state index in [2.05, 4.69) is 10.4 Å². The lowest BCUT2D eigenvalue weighted by molar-refractivity contribution is -0.140. The number of benzene rings is 1. The van der Waals surface area contributed by atoms with Crippen molar-refractivity contribution >= 4 is 23.5 Å². The fourth-order valence-electron chi connectivity index (χ4n) is 3.85. The minimum atomic E-state index is -0.852. The van der Waals surface area contributed by atoms with Crippen molar-refractivity contribution in [3.05, 3.63) is 51.8 Å². The van der Waals surface area contributed by atoms with E-state index in [9.17, 15) is 19.5 Å². The summed E-state index contributed by atoms with van der Waals surface area (Å²) in [4.78, 5) is 35.9. The normalized spacial score (nSPS) is 15.6. The fraction of sp³-hybridized carbons (Fsp3) is 0.429. The molecular weight excluding hydrogens is 394 g/mol. The standard InChI is InChI=1S/C21H24ClN3O4/c22-16-6-4-15(5-7-16)17-8-9-19(27)25(24-17)13-18(26)23-14-21(12-20(28)29)10-2-1-3-11-21/h4-9H,1-3,10-14H2,(H,23,26)(H,28,29). The zero-order chi connectivity index (χ0) is 20.9. The zero-order valence-electron chi connectivity index (χ0n) is 16.1. The van der Waals surface area contributed by atoms with Crippen LogP contribution in [0.5, 0.6) is 0 Å². The van der Waals surface area contributed by atoms with Crippen LogP contribution < -0.4 is 10.9 Å². The van der Waals surface area contributed by atoms with Crippen LogP contribution in [0.4, 0.5) is 0 Å². The summed E-state index contributed by atoms with van der Waals surface area (Å²) in [6.07, 6.45) is 4.62. The van der Waals surface area contributed by atoms with Gasteiger partial charge in [-0.3, -0.25) is 14.4 Å². The monoisotopic (exact) mass is 417 g/mol. The number of aliphatic carboxylic acids is 1. The minimum Gasteiger partial charge on any atom is -0.481 e. The lowest BCUT2D eigenvalue weighted by atomic mass is 9.71. The molecule has 1 heterocycles. The van der Waals surface area contributed by atoms with Crippen LogP contribution in [-0.2, 0) is 16.1 Å². The molecule has 0 unspecified atom stereocenters. The first-order chi connectivity index (χ1) is 13.9. The van der Waals surface area contributed by atoms with E-state index in [-0.39, 0.29) is 24.4 Å². The number of carbonyl (C=O) groups is 2. The van der Waals surface area contributed by atoms with Gasteiger partial charge in [-0.05, 0) is 36.5 Å². The molecule has 1 saturated carbocycles. The highest BCUT2D eigenvalue weighted by Gasteiger charge is 2.34. The Morgan fingerprint density at radius 2 is 1.79 bits per heavy atom. The quantitative estimate of drug-likeness (QED) is 0.720. The zero-order valence-corrected chi connectivity index (χ0v) is 16.8. The number of hydrogen-bond acceptors (Lipinski definition) is 4. The third kappa shape index (κ3) is 5.67. The van der Waals surface area contributed by atoms with Gasteiger partial charge in [0.2, 0.25) is 5.91 Å². The Morgan fingerprint density at radius 3 is 2.45 bits per heavy atom. The van der Waals surface area contributed by atoms with Gasteiger partial charge in [0.25, 0.3) is 5.56 Å². The lowest BCUT2D eigenvalue weighted by Crippen LogP contribution is -2.42. The van der Waals surface area contributed by atoms with Crippen LogP contribution in [-0.4, -0.2) is 33.3 Å². The van der Waals surface area contributed by atoms with E-state index in [4.69, 9.17) is 11.6 Å². The van der Waals surface area contributed by atoms with Crippen LogP contribution in [0.2, 0.25) is 5.02 Å². The molecule has 29 heavy (non-hydrogen) atoms. The van der Waals surface area contributed by atoms with Crippen LogP contribution in [0.25, 0.3) is 11.3 Å². The first-order valence-electron chi connectivity index (χ1n) is 9.70. The van der Waals surface area contributed by atoms with E-state index in [1.165, 1.54) is 6.07 Å². The minimum absolute atomic E-state index is 0.0392. The highest BCUT2D eigenvalue weighted by atomic mass is 35.5. The second-order valence-electron chi connectivity index (χ2n) is 7.63. The average Bonchev–Trinajstić information content (AvgIpc) is 2.69. The summed E-state index contributed by atoms with van der Waals surface area (Å²) >= 11 is 5.90. The van der Waals surface area contributed by atoms with Gasteiger partial charge >= 0.3 is 5.97 Å². The first-order valence-corrected chi connectivity index (χ1v) is 10.1. The molecule has 1 fully saturated rings. The van der Waals surface area contributed by atoms with E-state index < -0.39 is 11.4 Å². The van der Waals surface area contributed by atoms with Gasteiger partial charge in [0.1, 0.15) is 6.54 Å². The Kier molecular flexibility index (Phi) is 6.69. The smallest absolute Gasteiger partial charge is 0.303 e. The predicted molar refractivity (Wildman–Crippen MR) is 110 cm³/mol. The predicted octanol–water partition coefficient (Wildman–Crippen LogP) is 3.11. The number of nitrogens with one attached hydrogen (secondary N) is 1. The maximum atomic E-state index is 12.5. The molecule has 1 aromatic carbocycles. The largest absolute Gasteiger partial charge is 0.481 e. The van der Waals surface area contributed by atoms with Gasteiger partial charge in [0, 0.05) is 23.2 Å². The van der Waals surface area contributed by atoms with Gasteiger partial charge in [-0.15, -0.1) is 0 Å². The number of rotatable bonds is 7. The number of halogens is 1. The number of hydrogen-bond donors (Lipinski definition) is 2. The SMILES string of the molecule is O=C(O)CC1(CNC(=O)Cn2nc(-c3ccc(Cl)cc3)ccc2=O)CCCCC1. The summed E-state index contributed by atoms with van der Waals surface area (Å²) < 4.78 is 1.12. The molecular formula is C21H24ClN3O4. The number of carboxylic acids is 1. The summed E-state index contributed by atoms with van der Waals surface area (Å²) in [5.74, 6) is -1.21. The molecule has 1 amide bonds. The fourth-order valence-corrected chi connectivity index (χ4v) is 3.98. The molecule has 0 radical (unpaired) electrons. The molecule has 0 spiro atoms. The number of carbonyl (C=O) groups excluding carboxylic acids is 1. The van der Waals surface area contributed by atoms with Gasteiger partial charge in [-0.25, -0.2) is 4.68 Å². The Bertz CT molecular complexity index is 934. The Hall–Kier alpha value is -2.67. The molecule has 1 aromatic heterocycles. The van der Waals surface area contributed by atoms with Gasteiger partial charge < -0.3 is 10.4 Å². The molecule has 0 aliphatic heterocycles. The number of nitrogens with zero attached hydrogens (tertiary/aromatic N) is 2. The molecule has 2 N–H and O–H groups in total. The molecule has 0 saturated heterocycles. The van der Waals surface area contributed by atoms with Crippen LogP contribution in [0.1, 0.15) is 38.5 Å². The molecule has 1 aliphatic rings. The molecule has 0 atom stereocenters. The molecule has 1 aliphatic carbocycles. The van der Waals surface area contributed by atoms with E-state index in [1.54, 1.807) is 30.3 Å². The van der Waals surface area contributed by atoms with Crippen molar-refractivity contribution in [1.29, 1.82) is 0 Å². The Morgan fingerprint density at radius 1 is 1.10 bits per heavy atom. The van der Waals surface area contributed by atoms with E-state index in [0.717, 1.165) is 42.3 Å². The van der Waals surface area contributed by atoms with Crippen molar-refractivity contribution in [3.63, 3.8) is 0 Å². The van der Waals surface area contributed by atoms with Crippen LogP contribution in [0.15, 0.2) is 41.2 Å². The molecule has 2 aromatic rings. The van der Waals surface area contributed by atoms with Crippen LogP contribution >= 0.6 is 11.6 Å². The third-order valence-corrected chi connectivity index (χ3v) is 5.65. The maximum absolute atomic E-state index is 12.5. The summed E-state index contributed by atoms with van der Waals surface area (Å²) in [5, 5.41) is 16.9. The Labute approximate surface area is 173 Å². The maximum Gasteiger partial charge on any atom is 0.303 e. The second kappa shape index (κ2) is 9.22. The van der Waals surface area contributed by atoms with Gasteiger partial charge in [-0.2, -0.15) is 5.10 Å². The summed E-state index contributed by atoms with van der Waals surface area (Å²) in [6.45, 7) is 0.0766. The van der Waals surface area contributed by atoms with Crippen LogP contribution in [0, 0.1) is 5.41 Å². The molecule has 7 nitrogen and oxygen atoms in total. The van der Waals surface area contributed by atoms with E-state index in [1.807, 2.05) is 0 Å².